The largest absolute Gasteiger partial charge is 0.493 e. The number of nitrogens with one attached hydrogen (secondary N) is 2. The Morgan fingerprint density at radius 1 is 1.27 bits per heavy atom. The number of ether oxygens (including phenoxy) is 1. The van der Waals surface area contributed by atoms with E-state index in [1.807, 2.05) is 31.2 Å². The van der Waals surface area contributed by atoms with E-state index in [1.165, 1.54) is 0 Å². The molecule has 0 aliphatic heterocycles. The molecule has 0 spiro atoms. The normalized spacial score (nSPS) is 10.1. The van der Waals surface area contributed by atoms with Gasteiger partial charge in [-0.15, -0.1) is 0 Å². The molecule has 0 unspecified atom stereocenters. The highest BCUT2D eigenvalue weighted by Gasteiger charge is 2.16. The number of hydrogen-bond donors (Lipinski definition) is 3. The molecular weight excluding hydrogens is 346 g/mol. The predicted octanol–water partition coefficient (Wildman–Crippen LogP) is 3.72. The van der Waals surface area contributed by atoms with Gasteiger partial charge in [-0.1, -0.05) is 15.9 Å². The van der Waals surface area contributed by atoms with Crippen molar-refractivity contribution in [3.8, 4) is 5.75 Å². The molecule has 6 heteroatoms. The number of nitrogens with two attached hydrogens (primary N) is 1. The molecule has 0 atom stereocenters. The van der Waals surface area contributed by atoms with Crippen molar-refractivity contribution in [1.29, 1.82) is 0 Å². The first-order valence-corrected chi connectivity index (χ1v) is 7.65. The first-order chi connectivity index (χ1) is 10.5. The molecule has 0 heterocycles. The zero-order valence-electron chi connectivity index (χ0n) is 12.4. The Balaban J connectivity index is 2.31. The lowest BCUT2D eigenvalue weighted by Gasteiger charge is -2.14. The number of carbonyl (C=O) groups is 1. The highest BCUT2D eigenvalue weighted by atomic mass is 79.9. The van der Waals surface area contributed by atoms with Crippen LogP contribution in [0.1, 0.15) is 17.3 Å². The molecule has 0 radical (unpaired) electrons. The Morgan fingerprint density at radius 3 is 2.55 bits per heavy atom. The fourth-order valence-electron chi connectivity index (χ4n) is 2.00. The summed E-state index contributed by atoms with van der Waals surface area (Å²) in [5.41, 5.74) is 8.27. The van der Waals surface area contributed by atoms with Gasteiger partial charge in [-0.25, -0.2) is 0 Å². The third kappa shape index (κ3) is 3.71. The van der Waals surface area contributed by atoms with Crippen LogP contribution in [0.2, 0.25) is 0 Å². The molecule has 2 rings (SSSR count). The monoisotopic (exact) mass is 363 g/mol. The van der Waals surface area contributed by atoms with Crippen LogP contribution in [-0.4, -0.2) is 19.6 Å². The first-order valence-electron chi connectivity index (χ1n) is 6.86. The van der Waals surface area contributed by atoms with Gasteiger partial charge in [-0.3, -0.25) is 4.79 Å². The summed E-state index contributed by atoms with van der Waals surface area (Å²) in [7, 11) is 1.77. The van der Waals surface area contributed by atoms with Crippen molar-refractivity contribution in [3.05, 3.63) is 46.4 Å². The number of anilines is 3. The summed E-state index contributed by atoms with van der Waals surface area (Å²) in [6, 6.07) is 10.7. The third-order valence-corrected chi connectivity index (χ3v) is 3.60. The zero-order valence-corrected chi connectivity index (χ0v) is 14.0. The molecule has 0 saturated carbocycles. The number of amides is 1. The molecule has 0 saturated heterocycles. The van der Waals surface area contributed by atoms with Crippen molar-refractivity contribution >= 4 is 38.9 Å². The fraction of sp³-hybridized carbons (Fsp3) is 0.188. The van der Waals surface area contributed by atoms with Gasteiger partial charge in [-0.05, 0) is 37.3 Å². The molecule has 0 aliphatic carbocycles. The van der Waals surface area contributed by atoms with Gasteiger partial charge >= 0.3 is 0 Å². The second-order valence-corrected chi connectivity index (χ2v) is 5.50. The van der Waals surface area contributed by atoms with E-state index in [0.717, 1.165) is 10.2 Å². The van der Waals surface area contributed by atoms with E-state index in [0.29, 0.717) is 29.3 Å². The van der Waals surface area contributed by atoms with E-state index in [4.69, 9.17) is 10.5 Å². The highest BCUT2D eigenvalue weighted by Crippen LogP contribution is 2.30. The summed E-state index contributed by atoms with van der Waals surface area (Å²) in [6.45, 7) is 2.33. The minimum Gasteiger partial charge on any atom is -0.493 e. The summed E-state index contributed by atoms with van der Waals surface area (Å²) < 4.78 is 6.50. The average molecular weight is 364 g/mol. The minimum absolute atomic E-state index is 0.264. The van der Waals surface area contributed by atoms with Crippen LogP contribution in [0.3, 0.4) is 0 Å². The van der Waals surface area contributed by atoms with Crippen LogP contribution in [0.5, 0.6) is 5.75 Å². The van der Waals surface area contributed by atoms with Gasteiger partial charge in [0.2, 0.25) is 0 Å². The van der Waals surface area contributed by atoms with Crippen molar-refractivity contribution in [2.24, 2.45) is 0 Å². The molecule has 1 amide bonds. The lowest BCUT2D eigenvalue weighted by atomic mass is 10.1. The summed E-state index contributed by atoms with van der Waals surface area (Å²) in [5.74, 6) is 0.232. The average Bonchev–Trinajstić information content (AvgIpc) is 2.51. The Labute approximate surface area is 138 Å². The number of benzene rings is 2. The molecule has 0 aromatic heterocycles. The van der Waals surface area contributed by atoms with Gasteiger partial charge < -0.3 is 21.1 Å². The predicted molar refractivity (Wildman–Crippen MR) is 93.7 cm³/mol. The van der Waals surface area contributed by atoms with Gasteiger partial charge in [0.05, 0.1) is 23.5 Å². The number of carbonyl (C=O) groups excluding carboxylic acids is 1. The van der Waals surface area contributed by atoms with Gasteiger partial charge in [0.1, 0.15) is 5.75 Å². The Bertz CT molecular complexity index is 672. The van der Waals surface area contributed by atoms with E-state index in [9.17, 15) is 4.79 Å². The van der Waals surface area contributed by atoms with Crippen LogP contribution in [0.15, 0.2) is 40.9 Å². The Hall–Kier alpha value is -2.21. The van der Waals surface area contributed by atoms with E-state index in [-0.39, 0.29) is 5.91 Å². The van der Waals surface area contributed by atoms with Crippen LogP contribution < -0.4 is 21.1 Å². The zero-order chi connectivity index (χ0) is 16.1. The van der Waals surface area contributed by atoms with Gasteiger partial charge in [0, 0.05) is 23.3 Å². The topological polar surface area (TPSA) is 76.4 Å². The van der Waals surface area contributed by atoms with Crippen molar-refractivity contribution < 1.29 is 9.53 Å². The van der Waals surface area contributed by atoms with Gasteiger partial charge in [0.25, 0.3) is 5.91 Å². The molecular formula is C16H18BrN3O2. The lowest BCUT2D eigenvalue weighted by Crippen LogP contribution is -2.14. The highest BCUT2D eigenvalue weighted by molar-refractivity contribution is 9.10. The first kappa shape index (κ1) is 16.2. The van der Waals surface area contributed by atoms with E-state index >= 15 is 0 Å². The minimum atomic E-state index is -0.264. The number of hydrogen-bond acceptors (Lipinski definition) is 4. The molecule has 0 aliphatic rings. The molecule has 0 fully saturated rings. The third-order valence-electron chi connectivity index (χ3n) is 3.07. The van der Waals surface area contributed by atoms with E-state index < -0.39 is 0 Å². The van der Waals surface area contributed by atoms with Crippen molar-refractivity contribution in [1.82, 2.24) is 0 Å². The van der Waals surface area contributed by atoms with Crippen LogP contribution in [0, 0.1) is 0 Å². The Morgan fingerprint density at radius 2 is 1.95 bits per heavy atom. The molecule has 22 heavy (non-hydrogen) atoms. The van der Waals surface area contributed by atoms with E-state index in [1.54, 1.807) is 19.2 Å². The van der Waals surface area contributed by atoms with Gasteiger partial charge in [0.15, 0.2) is 0 Å². The lowest BCUT2D eigenvalue weighted by molar-refractivity contribution is 0.102. The van der Waals surface area contributed by atoms with Crippen molar-refractivity contribution in [2.75, 3.05) is 30.0 Å². The molecule has 2 aromatic rings. The SMILES string of the molecule is CCOc1cc(NC)c(N)cc1C(=O)Nc1ccc(Br)cc1. The molecule has 0 bridgehead atoms. The second-order valence-electron chi connectivity index (χ2n) is 4.58. The van der Waals surface area contributed by atoms with Crippen molar-refractivity contribution in [2.45, 2.75) is 6.92 Å². The van der Waals surface area contributed by atoms with Crippen LogP contribution in [0.4, 0.5) is 17.1 Å². The summed E-state index contributed by atoms with van der Waals surface area (Å²) in [5, 5.41) is 5.81. The number of rotatable bonds is 5. The van der Waals surface area contributed by atoms with Crippen molar-refractivity contribution in [3.63, 3.8) is 0 Å². The maximum Gasteiger partial charge on any atom is 0.259 e. The van der Waals surface area contributed by atoms with Gasteiger partial charge in [-0.2, -0.15) is 0 Å². The maximum atomic E-state index is 12.5. The maximum absolute atomic E-state index is 12.5. The second kappa shape index (κ2) is 7.17. The Kier molecular flexibility index (Phi) is 5.27. The molecule has 2 aromatic carbocycles. The number of halogens is 1. The summed E-state index contributed by atoms with van der Waals surface area (Å²) in [6.07, 6.45) is 0. The standard InChI is InChI=1S/C16H18BrN3O2/c1-3-22-15-9-14(19-2)13(18)8-12(15)16(21)20-11-6-4-10(17)5-7-11/h4-9,19H,3,18H2,1-2H3,(H,20,21). The molecule has 5 nitrogen and oxygen atoms in total. The van der Waals surface area contributed by atoms with Crippen LogP contribution in [-0.2, 0) is 0 Å². The number of nitrogen functional groups attached to an aromatic ring is 1. The van der Waals surface area contributed by atoms with Crippen LogP contribution in [0.25, 0.3) is 0 Å². The molecule has 116 valence electrons. The fourth-order valence-corrected chi connectivity index (χ4v) is 2.26. The quantitative estimate of drug-likeness (QED) is 0.707. The van der Waals surface area contributed by atoms with Crippen LogP contribution >= 0.6 is 15.9 Å². The summed E-state index contributed by atoms with van der Waals surface area (Å²) in [4.78, 5) is 12.5. The molecule has 4 N–H and O–H groups in total. The van der Waals surface area contributed by atoms with E-state index in [2.05, 4.69) is 26.6 Å². The smallest absolute Gasteiger partial charge is 0.259 e. The summed E-state index contributed by atoms with van der Waals surface area (Å²) >= 11 is 3.36.